The quantitative estimate of drug-likeness (QED) is 0.446. The van der Waals surface area contributed by atoms with Gasteiger partial charge in [-0.2, -0.15) is 0 Å². The maximum atomic E-state index is 2.38. The van der Waals surface area contributed by atoms with Crippen LogP contribution in [0.5, 0.6) is 0 Å². The van der Waals surface area contributed by atoms with E-state index in [1.807, 2.05) is 0 Å². The van der Waals surface area contributed by atoms with Crippen LogP contribution in [-0.2, 0) is 0 Å². The molecule has 1 nitrogen and oxygen atoms in total. The molecule has 2 atom stereocenters. The Morgan fingerprint density at radius 1 is 1.30 bits per heavy atom. The van der Waals surface area contributed by atoms with Crippen molar-refractivity contribution in [3.63, 3.8) is 0 Å². The zero-order valence-corrected chi connectivity index (χ0v) is 6.71. The zero-order valence-electron chi connectivity index (χ0n) is 6.71. The van der Waals surface area contributed by atoms with E-state index < -0.39 is 0 Å². The van der Waals surface area contributed by atoms with E-state index in [0.717, 1.165) is 11.8 Å². The predicted molar refractivity (Wildman–Crippen MR) is 42.6 cm³/mol. The second kappa shape index (κ2) is 2.37. The summed E-state index contributed by atoms with van der Waals surface area (Å²) in [5.41, 5.74) is 0. The Kier molecular flexibility index (Phi) is 1.51. The average Bonchev–Trinajstić information content (AvgIpc) is 2.22. The molecule has 1 aliphatic carbocycles. The van der Waals surface area contributed by atoms with Crippen LogP contribution >= 0.6 is 0 Å². The van der Waals surface area contributed by atoms with E-state index in [0.29, 0.717) is 0 Å². The first-order valence-corrected chi connectivity index (χ1v) is 4.38. The van der Waals surface area contributed by atoms with Gasteiger partial charge in [-0.3, -0.25) is 0 Å². The van der Waals surface area contributed by atoms with Gasteiger partial charge in [0.1, 0.15) is 19.8 Å². The number of fused-ring (bicyclic) bond motifs is 2. The van der Waals surface area contributed by atoms with Crippen molar-refractivity contribution < 1.29 is 4.58 Å². The lowest BCUT2D eigenvalue weighted by Gasteiger charge is -2.02. The first-order valence-electron chi connectivity index (χ1n) is 4.38. The van der Waals surface area contributed by atoms with Crippen molar-refractivity contribution in [2.75, 3.05) is 13.6 Å². The summed E-state index contributed by atoms with van der Waals surface area (Å²) in [7, 11) is 2.21. The SMILES string of the molecule is C[N+]1=CCC2CCC(C2)C1. The molecule has 0 aromatic heterocycles. The smallest absolute Gasteiger partial charge is 0.145 e. The maximum absolute atomic E-state index is 2.38. The summed E-state index contributed by atoms with van der Waals surface area (Å²) >= 11 is 0. The van der Waals surface area contributed by atoms with E-state index in [1.54, 1.807) is 0 Å². The molecule has 56 valence electrons. The first kappa shape index (κ1) is 6.38. The molecule has 2 aliphatic rings. The zero-order chi connectivity index (χ0) is 6.97. The van der Waals surface area contributed by atoms with Crippen molar-refractivity contribution in [2.45, 2.75) is 25.7 Å². The molecule has 0 aromatic carbocycles. The monoisotopic (exact) mass is 138 g/mol. The molecule has 1 saturated carbocycles. The highest BCUT2D eigenvalue weighted by molar-refractivity contribution is 5.51. The maximum Gasteiger partial charge on any atom is 0.145 e. The lowest BCUT2D eigenvalue weighted by Crippen LogP contribution is -2.14. The molecule has 0 radical (unpaired) electrons. The van der Waals surface area contributed by atoms with Crippen LogP contribution in [0, 0.1) is 11.8 Å². The van der Waals surface area contributed by atoms with Crippen molar-refractivity contribution in [3.8, 4) is 0 Å². The molecular formula is C9H16N+. The van der Waals surface area contributed by atoms with E-state index >= 15 is 0 Å². The van der Waals surface area contributed by atoms with Crippen molar-refractivity contribution in [1.29, 1.82) is 0 Å². The molecule has 0 aromatic rings. The molecule has 0 N–H and O–H groups in total. The molecule has 1 heteroatoms. The van der Waals surface area contributed by atoms with Crippen LogP contribution in [0.3, 0.4) is 0 Å². The lowest BCUT2D eigenvalue weighted by molar-refractivity contribution is -0.500. The molecule has 10 heavy (non-hydrogen) atoms. The highest BCUT2D eigenvalue weighted by atomic mass is 15.0. The summed E-state index contributed by atoms with van der Waals surface area (Å²) in [6.07, 6.45) is 8.20. The van der Waals surface area contributed by atoms with E-state index in [2.05, 4.69) is 17.8 Å². The molecule has 2 unspecified atom stereocenters. The van der Waals surface area contributed by atoms with Crippen LogP contribution < -0.4 is 0 Å². The minimum atomic E-state index is 1.02. The van der Waals surface area contributed by atoms with Gasteiger partial charge < -0.3 is 0 Å². The average molecular weight is 138 g/mol. The van der Waals surface area contributed by atoms with E-state index in [-0.39, 0.29) is 0 Å². The van der Waals surface area contributed by atoms with Gasteiger partial charge in [-0.1, -0.05) is 0 Å². The van der Waals surface area contributed by atoms with Gasteiger partial charge in [0.2, 0.25) is 0 Å². The third-order valence-corrected chi connectivity index (χ3v) is 2.95. The molecule has 0 saturated heterocycles. The molecule has 0 spiro atoms. The Hall–Kier alpha value is -0.330. The summed E-state index contributed by atoms with van der Waals surface area (Å²) in [4.78, 5) is 0. The van der Waals surface area contributed by atoms with Gasteiger partial charge in [0.05, 0.1) is 0 Å². The number of hydrogen-bond donors (Lipinski definition) is 0. The third kappa shape index (κ3) is 1.09. The fourth-order valence-electron chi connectivity index (χ4n) is 2.37. The molecular weight excluding hydrogens is 122 g/mol. The minimum absolute atomic E-state index is 1.02. The Bertz CT molecular complexity index is 160. The summed E-state index contributed by atoms with van der Waals surface area (Å²) in [5, 5.41) is 0. The summed E-state index contributed by atoms with van der Waals surface area (Å²) in [6.45, 7) is 1.32. The Morgan fingerprint density at radius 3 is 3.00 bits per heavy atom. The van der Waals surface area contributed by atoms with Crippen molar-refractivity contribution >= 4 is 6.21 Å². The van der Waals surface area contributed by atoms with Crippen LogP contribution in [0.2, 0.25) is 0 Å². The Labute approximate surface area is 62.8 Å². The number of nitrogens with zero attached hydrogens (tertiary/aromatic N) is 1. The number of hydrogen-bond acceptors (Lipinski definition) is 0. The van der Waals surface area contributed by atoms with E-state index in [9.17, 15) is 0 Å². The summed E-state index contributed by atoms with van der Waals surface area (Å²) in [5.74, 6) is 2.06. The second-order valence-electron chi connectivity index (χ2n) is 3.90. The normalized spacial score (nSPS) is 39.1. The molecule has 0 amide bonds. The molecule has 2 bridgehead atoms. The van der Waals surface area contributed by atoms with Crippen molar-refractivity contribution in [1.82, 2.24) is 0 Å². The van der Waals surface area contributed by atoms with Crippen LogP contribution in [0.1, 0.15) is 25.7 Å². The van der Waals surface area contributed by atoms with Gasteiger partial charge >= 0.3 is 0 Å². The fraction of sp³-hybridized carbons (Fsp3) is 0.889. The van der Waals surface area contributed by atoms with Gasteiger partial charge in [-0.25, -0.2) is 4.58 Å². The first-order chi connectivity index (χ1) is 4.84. The minimum Gasteiger partial charge on any atom is -0.242 e. The predicted octanol–water partition coefficient (Wildman–Crippen LogP) is 1.52. The van der Waals surface area contributed by atoms with Gasteiger partial charge in [0.25, 0.3) is 0 Å². The van der Waals surface area contributed by atoms with Crippen LogP contribution in [0.4, 0.5) is 0 Å². The largest absolute Gasteiger partial charge is 0.242 e. The van der Waals surface area contributed by atoms with Crippen LogP contribution in [0.25, 0.3) is 0 Å². The molecule has 2 rings (SSSR count). The summed E-state index contributed by atoms with van der Waals surface area (Å²) in [6, 6.07) is 0. The Balaban J connectivity index is 2.11. The molecule has 1 fully saturated rings. The third-order valence-electron chi connectivity index (χ3n) is 2.95. The van der Waals surface area contributed by atoms with Crippen molar-refractivity contribution in [3.05, 3.63) is 0 Å². The Morgan fingerprint density at radius 2 is 2.10 bits per heavy atom. The number of rotatable bonds is 0. The highest BCUT2D eigenvalue weighted by Gasteiger charge is 2.29. The van der Waals surface area contributed by atoms with Gasteiger partial charge in [0, 0.05) is 12.3 Å². The lowest BCUT2D eigenvalue weighted by atomic mass is 10.0. The van der Waals surface area contributed by atoms with Gasteiger partial charge in [-0.15, -0.1) is 0 Å². The molecule has 1 aliphatic heterocycles. The van der Waals surface area contributed by atoms with Crippen LogP contribution in [-0.4, -0.2) is 24.4 Å². The fourth-order valence-corrected chi connectivity index (χ4v) is 2.37. The van der Waals surface area contributed by atoms with Gasteiger partial charge in [-0.05, 0) is 25.2 Å². The standard InChI is InChI=1S/C9H16N/c1-10-5-4-8-2-3-9(6-8)7-10/h5,8-9H,2-4,6-7H2,1H3/q+1. The van der Waals surface area contributed by atoms with E-state index in [1.165, 1.54) is 32.2 Å². The molecule has 1 heterocycles. The topological polar surface area (TPSA) is 3.01 Å². The van der Waals surface area contributed by atoms with Crippen molar-refractivity contribution in [2.24, 2.45) is 11.8 Å². The highest BCUT2D eigenvalue weighted by Crippen LogP contribution is 2.33. The van der Waals surface area contributed by atoms with E-state index in [4.69, 9.17) is 0 Å². The van der Waals surface area contributed by atoms with Gasteiger partial charge in [0.15, 0.2) is 0 Å². The second-order valence-corrected chi connectivity index (χ2v) is 3.90. The summed E-state index contributed by atoms with van der Waals surface area (Å²) < 4.78 is 2.38. The van der Waals surface area contributed by atoms with Crippen LogP contribution in [0.15, 0.2) is 0 Å².